The van der Waals surface area contributed by atoms with Crippen LogP contribution in [0.4, 0.5) is 0 Å². The van der Waals surface area contributed by atoms with E-state index in [2.05, 4.69) is 11.4 Å². The predicted molar refractivity (Wildman–Crippen MR) is 106 cm³/mol. The molecule has 1 saturated carbocycles. The maximum atomic E-state index is 12.5. The van der Waals surface area contributed by atoms with Crippen molar-refractivity contribution in [1.29, 1.82) is 0 Å². The van der Waals surface area contributed by atoms with Crippen molar-refractivity contribution in [3.63, 3.8) is 0 Å². The van der Waals surface area contributed by atoms with Gasteiger partial charge < -0.3 is 20.5 Å². The molecule has 1 aromatic carbocycles. The third-order valence-corrected chi connectivity index (χ3v) is 4.87. The fourth-order valence-electron chi connectivity index (χ4n) is 3.38. The fraction of sp³-hybridized carbons (Fsp3) is 0.650. The molecule has 1 aliphatic carbocycles. The van der Waals surface area contributed by atoms with E-state index in [0.717, 1.165) is 36.8 Å². The molecule has 0 radical (unpaired) electrons. The van der Waals surface area contributed by atoms with Crippen molar-refractivity contribution in [2.75, 3.05) is 19.8 Å². The molecule has 148 valence electrons. The summed E-state index contributed by atoms with van der Waals surface area (Å²) in [5.41, 5.74) is 8.11. The first-order valence-corrected chi connectivity index (χ1v) is 9.33. The fourth-order valence-corrected chi connectivity index (χ4v) is 3.38. The van der Waals surface area contributed by atoms with Gasteiger partial charge in [-0.2, -0.15) is 0 Å². The summed E-state index contributed by atoms with van der Waals surface area (Å²) in [6.45, 7) is 6.96. The first-order chi connectivity index (χ1) is 12.0. The lowest BCUT2D eigenvalue weighted by atomic mass is 9.74. The molecule has 1 aromatic rings. The minimum atomic E-state index is -0.390. The Hall–Kier alpha value is -1.14. The van der Waals surface area contributed by atoms with Crippen LogP contribution in [0, 0.1) is 5.92 Å². The van der Waals surface area contributed by atoms with Crippen LogP contribution < -0.4 is 11.1 Å². The van der Waals surface area contributed by atoms with Crippen molar-refractivity contribution in [1.82, 2.24) is 5.32 Å². The predicted octanol–water partition coefficient (Wildman–Crippen LogP) is 3.19. The molecule has 5 nitrogen and oxygen atoms in total. The first-order valence-electron chi connectivity index (χ1n) is 9.33. The number of rotatable bonds is 9. The highest BCUT2D eigenvalue weighted by molar-refractivity contribution is 5.85. The van der Waals surface area contributed by atoms with Gasteiger partial charge in [-0.05, 0) is 37.8 Å². The monoisotopic (exact) mass is 384 g/mol. The smallest absolute Gasteiger partial charge is 0.225 e. The average molecular weight is 385 g/mol. The molecule has 0 saturated heterocycles. The Labute approximate surface area is 163 Å². The molecule has 26 heavy (non-hydrogen) atoms. The highest BCUT2D eigenvalue weighted by Gasteiger charge is 2.37. The molecule has 0 heterocycles. The van der Waals surface area contributed by atoms with Gasteiger partial charge in [-0.25, -0.2) is 0 Å². The molecule has 2 atom stereocenters. The summed E-state index contributed by atoms with van der Waals surface area (Å²) in [6.07, 6.45) is 3.99. The van der Waals surface area contributed by atoms with Gasteiger partial charge in [0.2, 0.25) is 5.91 Å². The lowest BCUT2D eigenvalue weighted by Crippen LogP contribution is -2.52. The van der Waals surface area contributed by atoms with E-state index < -0.39 is 5.54 Å². The third kappa shape index (κ3) is 7.23. The molecule has 0 aliphatic heterocycles. The number of hydrogen-bond donors (Lipinski definition) is 2. The van der Waals surface area contributed by atoms with Gasteiger partial charge in [0, 0.05) is 18.7 Å². The van der Waals surface area contributed by atoms with Crippen LogP contribution in [0.5, 0.6) is 0 Å². The van der Waals surface area contributed by atoms with E-state index in [0.29, 0.717) is 33.0 Å². The molecule has 2 rings (SSSR count). The summed E-state index contributed by atoms with van der Waals surface area (Å²) in [6, 6.07) is 8.12. The van der Waals surface area contributed by atoms with Gasteiger partial charge in [0.1, 0.15) is 0 Å². The van der Waals surface area contributed by atoms with E-state index in [1.807, 2.05) is 32.0 Å². The molecular weight excluding hydrogens is 352 g/mol. The van der Waals surface area contributed by atoms with E-state index >= 15 is 0 Å². The number of halogens is 1. The van der Waals surface area contributed by atoms with Crippen molar-refractivity contribution in [3.05, 3.63) is 35.4 Å². The number of carbonyl (C=O) groups is 1. The first kappa shape index (κ1) is 22.9. The van der Waals surface area contributed by atoms with Crippen molar-refractivity contribution in [2.45, 2.75) is 58.2 Å². The largest absolute Gasteiger partial charge is 0.379 e. The van der Waals surface area contributed by atoms with Crippen LogP contribution in [0.1, 0.15) is 50.7 Å². The van der Waals surface area contributed by atoms with Crippen molar-refractivity contribution < 1.29 is 14.3 Å². The number of nitrogens with one attached hydrogen (secondary N) is 1. The van der Waals surface area contributed by atoms with Crippen molar-refractivity contribution in [3.8, 4) is 0 Å². The molecule has 6 heteroatoms. The zero-order valence-corrected chi connectivity index (χ0v) is 16.8. The van der Waals surface area contributed by atoms with Crippen LogP contribution in [-0.4, -0.2) is 31.3 Å². The van der Waals surface area contributed by atoms with Gasteiger partial charge in [-0.15, -0.1) is 12.4 Å². The Morgan fingerprint density at radius 3 is 2.73 bits per heavy atom. The Bertz CT molecular complexity index is 552. The van der Waals surface area contributed by atoms with Gasteiger partial charge in [-0.3, -0.25) is 4.79 Å². The maximum absolute atomic E-state index is 12.5. The Kier molecular flexibility index (Phi) is 10.2. The Balaban J connectivity index is 0.00000338. The molecule has 0 bridgehead atoms. The van der Waals surface area contributed by atoms with Crippen LogP contribution in [0.25, 0.3) is 0 Å². The minimum Gasteiger partial charge on any atom is -0.379 e. The minimum absolute atomic E-state index is 0. The number of nitrogens with two attached hydrogens (primary N) is 1. The summed E-state index contributed by atoms with van der Waals surface area (Å²) < 4.78 is 10.8. The average Bonchev–Trinajstić information content (AvgIpc) is 2.59. The second-order valence-corrected chi connectivity index (χ2v) is 7.09. The molecular formula is C20H33ClN2O3. The molecule has 1 aliphatic rings. The second kappa shape index (κ2) is 11.5. The van der Waals surface area contributed by atoms with Crippen molar-refractivity contribution >= 4 is 18.3 Å². The van der Waals surface area contributed by atoms with Crippen molar-refractivity contribution in [2.24, 2.45) is 11.7 Å². The zero-order valence-electron chi connectivity index (χ0n) is 16.0. The lowest BCUT2D eigenvalue weighted by molar-refractivity contribution is -0.128. The molecule has 3 N–H and O–H groups in total. The van der Waals surface area contributed by atoms with E-state index in [9.17, 15) is 4.79 Å². The molecule has 2 unspecified atom stereocenters. The number of hydrogen-bond acceptors (Lipinski definition) is 4. The van der Waals surface area contributed by atoms with Gasteiger partial charge in [0.05, 0.1) is 25.7 Å². The topological polar surface area (TPSA) is 73.6 Å². The molecule has 1 amide bonds. The molecule has 1 fully saturated rings. The normalized spacial score (nSPS) is 22.5. The van der Waals surface area contributed by atoms with Gasteiger partial charge >= 0.3 is 0 Å². The van der Waals surface area contributed by atoms with Crippen LogP contribution in [-0.2, 0) is 27.4 Å². The summed E-state index contributed by atoms with van der Waals surface area (Å²) in [4.78, 5) is 12.5. The third-order valence-electron chi connectivity index (χ3n) is 4.87. The number of ether oxygens (including phenoxy) is 2. The highest BCUT2D eigenvalue weighted by atomic mass is 35.5. The highest BCUT2D eigenvalue weighted by Crippen LogP contribution is 2.31. The molecule has 0 aromatic heterocycles. The number of benzene rings is 1. The van der Waals surface area contributed by atoms with Gasteiger partial charge in [-0.1, -0.05) is 37.1 Å². The number of amides is 1. The zero-order chi connectivity index (χ0) is 18.1. The van der Waals surface area contributed by atoms with E-state index in [1.165, 1.54) is 0 Å². The standard InChI is InChI=1S/C20H32N2O3.ClH/c1-3-24-11-12-25-15-17-8-6-7-16(13-17)14-22-19(23)18-9-4-5-10-20(18,2)21;/h6-8,13,18H,3-5,9-12,14-15,21H2,1-2H3,(H,22,23);1H. The summed E-state index contributed by atoms with van der Waals surface area (Å²) in [5.74, 6) is -0.0191. The number of carbonyl (C=O) groups excluding carboxylic acids is 1. The van der Waals surface area contributed by atoms with E-state index in [4.69, 9.17) is 15.2 Å². The Morgan fingerprint density at radius 1 is 1.27 bits per heavy atom. The van der Waals surface area contributed by atoms with Crippen LogP contribution >= 0.6 is 12.4 Å². The second-order valence-electron chi connectivity index (χ2n) is 7.09. The maximum Gasteiger partial charge on any atom is 0.225 e. The van der Waals surface area contributed by atoms with Crippen LogP contribution in [0.15, 0.2) is 24.3 Å². The van der Waals surface area contributed by atoms with Crippen LogP contribution in [0.3, 0.4) is 0 Å². The summed E-state index contributed by atoms with van der Waals surface area (Å²) >= 11 is 0. The van der Waals surface area contributed by atoms with Crippen LogP contribution in [0.2, 0.25) is 0 Å². The van der Waals surface area contributed by atoms with E-state index in [-0.39, 0.29) is 24.2 Å². The molecule has 0 spiro atoms. The van der Waals surface area contributed by atoms with Gasteiger partial charge in [0.25, 0.3) is 0 Å². The summed E-state index contributed by atoms with van der Waals surface area (Å²) in [7, 11) is 0. The summed E-state index contributed by atoms with van der Waals surface area (Å²) in [5, 5.41) is 3.06. The lowest BCUT2D eigenvalue weighted by Gasteiger charge is -2.37. The SMILES string of the molecule is CCOCCOCc1cccc(CNC(=O)C2CCCCC2(C)N)c1.Cl. The Morgan fingerprint density at radius 2 is 2.00 bits per heavy atom. The van der Waals surface area contributed by atoms with Gasteiger partial charge in [0.15, 0.2) is 0 Å². The van der Waals surface area contributed by atoms with E-state index in [1.54, 1.807) is 0 Å². The quantitative estimate of drug-likeness (QED) is 0.641.